The van der Waals surface area contributed by atoms with Crippen molar-refractivity contribution in [2.75, 3.05) is 11.4 Å². The van der Waals surface area contributed by atoms with E-state index < -0.39 is 23.3 Å². The number of hydrogen-bond acceptors (Lipinski definition) is 5. The Labute approximate surface area is 254 Å². The molecule has 1 aliphatic carbocycles. The number of aliphatic hydroxyl groups is 1. The van der Waals surface area contributed by atoms with Gasteiger partial charge in [-0.05, 0) is 67.6 Å². The van der Waals surface area contributed by atoms with E-state index in [-0.39, 0.29) is 12.1 Å². The first kappa shape index (κ1) is 29.3. The molecule has 6 rings (SSSR count). The van der Waals surface area contributed by atoms with Gasteiger partial charge in [0.2, 0.25) is 0 Å². The van der Waals surface area contributed by atoms with Crippen LogP contribution in [0.2, 0.25) is 5.02 Å². The first-order valence-corrected chi connectivity index (χ1v) is 15.1. The minimum Gasteiger partial charge on any atom is -0.381 e. The van der Waals surface area contributed by atoms with Crippen molar-refractivity contribution in [3.63, 3.8) is 0 Å². The minimum absolute atomic E-state index is 0.0428. The van der Waals surface area contributed by atoms with Gasteiger partial charge in [0.05, 0.1) is 18.1 Å². The van der Waals surface area contributed by atoms with E-state index in [0.29, 0.717) is 5.92 Å². The lowest BCUT2D eigenvalue weighted by Crippen LogP contribution is -2.40. The highest BCUT2D eigenvalue weighted by molar-refractivity contribution is 6.30. The number of rotatable bonds is 10. The van der Waals surface area contributed by atoms with Crippen molar-refractivity contribution >= 4 is 28.2 Å². The fraction of sp³-hybridized carbons (Fsp3) is 0.364. The second-order valence-electron chi connectivity index (χ2n) is 11.7. The molecule has 0 aliphatic heterocycles. The predicted molar refractivity (Wildman–Crippen MR) is 164 cm³/mol. The summed E-state index contributed by atoms with van der Waals surface area (Å²) in [4.78, 5) is 6.38. The van der Waals surface area contributed by atoms with E-state index in [2.05, 4.69) is 39.2 Å². The van der Waals surface area contributed by atoms with E-state index in [4.69, 9.17) is 16.7 Å². The average molecular weight is 605 g/mol. The number of anilines is 1. The molecule has 0 radical (unpaired) electrons. The Morgan fingerprint density at radius 2 is 1.84 bits per heavy atom. The Bertz CT molecular complexity index is 1670. The molecule has 1 saturated carbocycles. The van der Waals surface area contributed by atoms with Crippen molar-refractivity contribution in [2.45, 2.75) is 63.8 Å². The largest absolute Gasteiger partial charge is 0.381 e. The molecule has 7 nitrogen and oxygen atoms in total. The molecule has 0 bridgehead atoms. The van der Waals surface area contributed by atoms with Crippen molar-refractivity contribution in [2.24, 2.45) is 5.92 Å². The molecule has 2 heterocycles. The maximum atomic E-state index is 15.1. The summed E-state index contributed by atoms with van der Waals surface area (Å²) in [6, 6.07) is 16.6. The van der Waals surface area contributed by atoms with Crippen molar-refractivity contribution in [3.8, 4) is 0 Å². The van der Waals surface area contributed by atoms with Crippen LogP contribution in [0.1, 0.15) is 56.2 Å². The zero-order valence-electron chi connectivity index (χ0n) is 24.1. The lowest BCUT2D eigenvalue weighted by atomic mass is 9.86. The van der Waals surface area contributed by atoms with Crippen molar-refractivity contribution < 1.29 is 13.9 Å². The molecule has 3 aromatic carbocycles. The highest BCUT2D eigenvalue weighted by Crippen LogP contribution is 2.37. The molecule has 0 unspecified atom stereocenters. The molecule has 1 aliphatic rings. The van der Waals surface area contributed by atoms with Gasteiger partial charge in [-0.15, -0.1) is 0 Å². The molecule has 2 aromatic heterocycles. The van der Waals surface area contributed by atoms with Gasteiger partial charge in [-0.2, -0.15) is 10.2 Å². The predicted octanol–water partition coefficient (Wildman–Crippen LogP) is 7.30. The van der Waals surface area contributed by atoms with Crippen LogP contribution in [0.25, 0.3) is 10.9 Å². The Morgan fingerprint density at radius 3 is 2.56 bits per heavy atom. The Morgan fingerprint density at radius 1 is 1.05 bits per heavy atom. The fourth-order valence-electron chi connectivity index (χ4n) is 6.24. The molecule has 1 N–H and O–H groups in total. The normalized spacial score (nSPS) is 16.3. The average Bonchev–Trinajstić information content (AvgIpc) is 3.67. The molecule has 224 valence electrons. The number of benzene rings is 3. The molecular formula is C33H35ClF2N6O. The van der Waals surface area contributed by atoms with E-state index in [0.717, 1.165) is 46.8 Å². The monoisotopic (exact) mass is 604 g/mol. The topological polar surface area (TPSA) is 72.0 Å². The van der Waals surface area contributed by atoms with Crippen LogP contribution in [0.5, 0.6) is 0 Å². The third-order valence-corrected chi connectivity index (χ3v) is 8.97. The second kappa shape index (κ2) is 12.4. The van der Waals surface area contributed by atoms with E-state index in [1.807, 2.05) is 24.4 Å². The minimum atomic E-state index is -1.81. The molecule has 5 aromatic rings. The second-order valence-corrected chi connectivity index (χ2v) is 12.1. The zero-order valence-corrected chi connectivity index (χ0v) is 24.8. The van der Waals surface area contributed by atoms with Gasteiger partial charge in [0.15, 0.2) is 0 Å². The molecule has 10 heteroatoms. The number of fused-ring (bicyclic) bond motifs is 1. The lowest BCUT2D eigenvalue weighted by molar-refractivity contribution is -0.0366. The molecule has 1 fully saturated rings. The maximum absolute atomic E-state index is 15.1. The van der Waals surface area contributed by atoms with Gasteiger partial charge in [-0.3, -0.25) is 4.68 Å². The number of nitrogens with zero attached hydrogens (tertiary/aromatic N) is 6. The summed E-state index contributed by atoms with van der Waals surface area (Å²) >= 11 is 6.15. The van der Waals surface area contributed by atoms with Crippen LogP contribution >= 0.6 is 11.6 Å². The van der Waals surface area contributed by atoms with Crippen LogP contribution < -0.4 is 4.90 Å². The summed E-state index contributed by atoms with van der Waals surface area (Å²) in [7, 11) is 0. The molecular weight excluding hydrogens is 570 g/mol. The lowest BCUT2D eigenvalue weighted by Gasteiger charge is -2.34. The van der Waals surface area contributed by atoms with Crippen molar-refractivity contribution in [1.29, 1.82) is 0 Å². The Hall–Kier alpha value is -3.82. The van der Waals surface area contributed by atoms with Gasteiger partial charge in [0, 0.05) is 47.0 Å². The van der Waals surface area contributed by atoms with E-state index in [9.17, 15) is 9.50 Å². The summed E-state index contributed by atoms with van der Waals surface area (Å²) in [5.74, 6) is -0.920. The van der Waals surface area contributed by atoms with E-state index in [1.54, 1.807) is 11.6 Å². The molecule has 0 spiro atoms. The zero-order chi connectivity index (χ0) is 30.0. The highest BCUT2D eigenvalue weighted by Gasteiger charge is 2.41. The van der Waals surface area contributed by atoms with Gasteiger partial charge < -0.3 is 10.0 Å². The summed E-state index contributed by atoms with van der Waals surface area (Å²) in [6.07, 6.45) is 11.0. The molecule has 43 heavy (non-hydrogen) atoms. The SMILES string of the molecule is C[C@@H](n1cc2cc(N(Cc3ccc(Cl)cc3)CC3CCCCC3)ccc2n1)[C@](O)(Cn1cncn1)c1ccc(F)cc1F. The quantitative estimate of drug-likeness (QED) is 0.181. The summed E-state index contributed by atoms with van der Waals surface area (Å²) in [6.45, 7) is 3.38. The highest BCUT2D eigenvalue weighted by atomic mass is 35.5. The number of hydrogen-bond donors (Lipinski definition) is 1. The van der Waals surface area contributed by atoms with E-state index in [1.165, 1.54) is 61.1 Å². The maximum Gasteiger partial charge on any atom is 0.137 e. The summed E-state index contributed by atoms with van der Waals surface area (Å²) in [5.41, 5.74) is 1.17. The first-order chi connectivity index (χ1) is 20.8. The van der Waals surface area contributed by atoms with Crippen LogP contribution in [0.4, 0.5) is 14.5 Å². The van der Waals surface area contributed by atoms with Crippen LogP contribution in [0.15, 0.2) is 79.5 Å². The molecule has 0 amide bonds. The molecule has 0 saturated heterocycles. The molecule has 2 atom stereocenters. The van der Waals surface area contributed by atoms with Crippen LogP contribution in [-0.2, 0) is 18.7 Å². The third-order valence-electron chi connectivity index (χ3n) is 8.72. The van der Waals surface area contributed by atoms with Gasteiger partial charge in [-0.25, -0.2) is 18.4 Å². The first-order valence-electron chi connectivity index (χ1n) is 14.8. The smallest absolute Gasteiger partial charge is 0.137 e. The van der Waals surface area contributed by atoms with Crippen molar-refractivity contribution in [3.05, 3.63) is 107 Å². The number of aromatic nitrogens is 5. The van der Waals surface area contributed by atoms with Gasteiger partial charge in [0.1, 0.15) is 29.9 Å². The van der Waals surface area contributed by atoms with Crippen LogP contribution in [0, 0.1) is 17.6 Å². The van der Waals surface area contributed by atoms with Gasteiger partial charge >= 0.3 is 0 Å². The summed E-state index contributed by atoms with van der Waals surface area (Å²) < 4.78 is 32.0. The van der Waals surface area contributed by atoms with Crippen LogP contribution in [0.3, 0.4) is 0 Å². The van der Waals surface area contributed by atoms with Crippen LogP contribution in [-0.4, -0.2) is 36.2 Å². The van der Waals surface area contributed by atoms with Gasteiger partial charge in [-0.1, -0.05) is 49.1 Å². The number of halogens is 3. The fourth-order valence-corrected chi connectivity index (χ4v) is 6.37. The third kappa shape index (κ3) is 6.43. The van der Waals surface area contributed by atoms with Gasteiger partial charge in [0.25, 0.3) is 0 Å². The van der Waals surface area contributed by atoms with Crippen molar-refractivity contribution in [1.82, 2.24) is 24.5 Å². The standard InChI is InChI=1S/C33H35ClF2N6O/c1-23(33(43,20-41-22-37-21-38-41)30-13-11-28(35)16-31(30)36)42-19-26-15-29(12-14-32(26)39-42)40(17-24-5-3-2-4-6-24)18-25-7-9-27(34)10-8-25/h7-16,19,21-24,43H,2-6,17-18,20H2,1H3/t23-,33-/m1/s1. The Balaban J connectivity index is 1.34. The Kier molecular flexibility index (Phi) is 8.45. The summed E-state index contributed by atoms with van der Waals surface area (Å²) in [5, 5.41) is 22.6. The van der Waals surface area contributed by atoms with E-state index >= 15 is 4.39 Å².